The summed E-state index contributed by atoms with van der Waals surface area (Å²) in [6.45, 7) is 6.13. The van der Waals surface area contributed by atoms with Crippen molar-refractivity contribution in [2.75, 3.05) is 5.32 Å². The van der Waals surface area contributed by atoms with Crippen molar-refractivity contribution in [2.45, 2.75) is 26.3 Å². The van der Waals surface area contributed by atoms with E-state index in [1.165, 1.54) is 6.07 Å². The van der Waals surface area contributed by atoms with Crippen LogP contribution in [0.2, 0.25) is 0 Å². The van der Waals surface area contributed by atoms with Crippen LogP contribution in [0.5, 0.6) is 0 Å². The molecule has 0 atom stereocenters. The first-order valence-corrected chi connectivity index (χ1v) is 6.43. The van der Waals surface area contributed by atoms with Gasteiger partial charge >= 0.3 is 0 Å². The average molecular weight is 312 g/mol. The SMILES string of the molecule is CC(C)(C)Nc1cc(-c2ccc(Br)cc2F)[nH]n1. The second-order valence-corrected chi connectivity index (χ2v) is 6.08. The molecule has 0 radical (unpaired) electrons. The molecule has 18 heavy (non-hydrogen) atoms. The molecule has 1 heterocycles. The lowest BCUT2D eigenvalue weighted by atomic mass is 10.1. The van der Waals surface area contributed by atoms with Crippen LogP contribution in [0.25, 0.3) is 11.3 Å². The molecule has 0 aliphatic carbocycles. The zero-order valence-corrected chi connectivity index (χ0v) is 12.1. The van der Waals surface area contributed by atoms with Crippen LogP contribution >= 0.6 is 15.9 Å². The van der Waals surface area contributed by atoms with E-state index in [1.807, 2.05) is 20.8 Å². The highest BCUT2D eigenvalue weighted by Gasteiger charge is 2.13. The number of H-pyrrole nitrogens is 1. The van der Waals surface area contributed by atoms with E-state index >= 15 is 0 Å². The summed E-state index contributed by atoms with van der Waals surface area (Å²) in [5, 5.41) is 10.2. The van der Waals surface area contributed by atoms with Crippen molar-refractivity contribution in [1.82, 2.24) is 10.2 Å². The third-order valence-corrected chi connectivity index (χ3v) is 2.80. The van der Waals surface area contributed by atoms with Crippen LogP contribution in [0.1, 0.15) is 20.8 Å². The fourth-order valence-electron chi connectivity index (χ4n) is 1.62. The van der Waals surface area contributed by atoms with E-state index in [4.69, 9.17) is 0 Å². The first-order valence-electron chi connectivity index (χ1n) is 5.64. The summed E-state index contributed by atoms with van der Waals surface area (Å²) in [7, 11) is 0. The van der Waals surface area contributed by atoms with E-state index in [0.717, 1.165) is 4.47 Å². The molecule has 0 saturated heterocycles. The summed E-state index contributed by atoms with van der Waals surface area (Å²) in [6.07, 6.45) is 0. The number of nitrogens with zero attached hydrogens (tertiary/aromatic N) is 1. The quantitative estimate of drug-likeness (QED) is 0.873. The standard InChI is InChI=1S/C13H15BrFN3/c1-13(2,3)16-12-7-11(17-18-12)9-5-4-8(14)6-10(9)15/h4-7H,1-3H3,(H2,16,17,18). The minimum absolute atomic E-state index is 0.0786. The van der Waals surface area contributed by atoms with E-state index in [9.17, 15) is 4.39 Å². The van der Waals surface area contributed by atoms with Gasteiger partial charge in [0, 0.05) is 21.6 Å². The Hall–Kier alpha value is -1.36. The molecule has 0 aliphatic heterocycles. The van der Waals surface area contributed by atoms with Crippen molar-refractivity contribution in [3.8, 4) is 11.3 Å². The molecule has 1 aromatic heterocycles. The lowest BCUT2D eigenvalue weighted by Crippen LogP contribution is -2.26. The molecule has 0 bridgehead atoms. The molecule has 3 nitrogen and oxygen atoms in total. The molecule has 5 heteroatoms. The molecular weight excluding hydrogens is 297 g/mol. The molecule has 0 fully saturated rings. The van der Waals surface area contributed by atoms with Crippen molar-refractivity contribution < 1.29 is 4.39 Å². The van der Waals surface area contributed by atoms with Crippen LogP contribution in [0, 0.1) is 5.82 Å². The van der Waals surface area contributed by atoms with Crippen molar-refractivity contribution in [3.05, 3.63) is 34.6 Å². The number of aromatic nitrogens is 2. The van der Waals surface area contributed by atoms with Gasteiger partial charge in [-0.15, -0.1) is 0 Å². The lowest BCUT2D eigenvalue weighted by Gasteiger charge is -2.19. The molecule has 0 saturated carbocycles. The Labute approximate surface area is 114 Å². The molecule has 1 aromatic carbocycles. The summed E-state index contributed by atoms with van der Waals surface area (Å²) < 4.78 is 14.5. The number of hydrogen-bond donors (Lipinski definition) is 2. The highest BCUT2D eigenvalue weighted by molar-refractivity contribution is 9.10. The fourth-order valence-corrected chi connectivity index (χ4v) is 1.95. The highest BCUT2D eigenvalue weighted by Crippen LogP contribution is 2.26. The number of nitrogens with one attached hydrogen (secondary N) is 2. The van der Waals surface area contributed by atoms with Gasteiger partial charge < -0.3 is 5.32 Å². The predicted molar refractivity (Wildman–Crippen MR) is 75.1 cm³/mol. The largest absolute Gasteiger partial charge is 0.364 e. The molecule has 2 N–H and O–H groups in total. The number of halogens is 2. The molecule has 2 aromatic rings. The van der Waals surface area contributed by atoms with Gasteiger partial charge in [-0.1, -0.05) is 15.9 Å². The van der Waals surface area contributed by atoms with E-state index in [2.05, 4.69) is 31.4 Å². The van der Waals surface area contributed by atoms with Crippen LogP contribution in [0.3, 0.4) is 0 Å². The fraction of sp³-hybridized carbons (Fsp3) is 0.308. The summed E-state index contributed by atoms with van der Waals surface area (Å²) in [5.41, 5.74) is 1.09. The van der Waals surface area contributed by atoms with Gasteiger partial charge in [0.1, 0.15) is 11.6 Å². The molecular formula is C13H15BrFN3. The minimum atomic E-state index is -0.282. The van der Waals surface area contributed by atoms with Crippen molar-refractivity contribution in [3.63, 3.8) is 0 Å². The normalized spacial score (nSPS) is 11.6. The van der Waals surface area contributed by atoms with Gasteiger partial charge in [0.25, 0.3) is 0 Å². The number of anilines is 1. The summed E-state index contributed by atoms with van der Waals surface area (Å²) >= 11 is 3.24. The molecule has 0 aliphatic rings. The topological polar surface area (TPSA) is 40.7 Å². The maximum atomic E-state index is 13.8. The van der Waals surface area contributed by atoms with E-state index in [1.54, 1.807) is 18.2 Å². The maximum Gasteiger partial charge on any atom is 0.148 e. The Morgan fingerprint density at radius 1 is 1.28 bits per heavy atom. The first kappa shape index (κ1) is 13.1. The Balaban J connectivity index is 2.29. The van der Waals surface area contributed by atoms with Crippen LogP contribution in [0.4, 0.5) is 10.2 Å². The first-order chi connectivity index (χ1) is 8.35. The zero-order valence-electron chi connectivity index (χ0n) is 10.5. The maximum absolute atomic E-state index is 13.8. The third kappa shape index (κ3) is 3.10. The smallest absolute Gasteiger partial charge is 0.148 e. The second-order valence-electron chi connectivity index (χ2n) is 5.17. The van der Waals surface area contributed by atoms with Crippen LogP contribution in [0.15, 0.2) is 28.7 Å². The van der Waals surface area contributed by atoms with Crippen molar-refractivity contribution in [2.24, 2.45) is 0 Å². The molecule has 2 rings (SSSR count). The molecule has 0 unspecified atom stereocenters. The van der Waals surface area contributed by atoms with Gasteiger partial charge in [-0.05, 0) is 39.0 Å². The Bertz CT molecular complexity index is 558. The van der Waals surface area contributed by atoms with Crippen LogP contribution < -0.4 is 5.32 Å². The summed E-state index contributed by atoms with van der Waals surface area (Å²) in [6, 6.07) is 6.76. The van der Waals surface area contributed by atoms with E-state index in [0.29, 0.717) is 17.1 Å². The number of benzene rings is 1. The van der Waals surface area contributed by atoms with Crippen molar-refractivity contribution >= 4 is 21.7 Å². The predicted octanol–water partition coefficient (Wildman–Crippen LogP) is 4.19. The highest BCUT2D eigenvalue weighted by atomic mass is 79.9. The van der Waals surface area contributed by atoms with Crippen LogP contribution in [-0.4, -0.2) is 15.7 Å². The number of aromatic amines is 1. The zero-order chi connectivity index (χ0) is 13.3. The summed E-state index contributed by atoms with van der Waals surface area (Å²) in [5.74, 6) is 0.426. The van der Waals surface area contributed by atoms with Gasteiger partial charge in [-0.3, -0.25) is 5.10 Å². The van der Waals surface area contributed by atoms with Crippen molar-refractivity contribution in [1.29, 1.82) is 0 Å². The molecule has 0 spiro atoms. The average Bonchev–Trinajstić information content (AvgIpc) is 2.63. The number of rotatable bonds is 2. The Morgan fingerprint density at radius 2 is 2.00 bits per heavy atom. The molecule has 0 amide bonds. The Morgan fingerprint density at radius 3 is 2.61 bits per heavy atom. The van der Waals surface area contributed by atoms with E-state index < -0.39 is 0 Å². The van der Waals surface area contributed by atoms with Gasteiger partial charge in [0.2, 0.25) is 0 Å². The van der Waals surface area contributed by atoms with Gasteiger partial charge in [-0.2, -0.15) is 5.10 Å². The number of hydrogen-bond acceptors (Lipinski definition) is 2. The van der Waals surface area contributed by atoms with Gasteiger partial charge in [0.05, 0.1) is 5.69 Å². The summed E-state index contributed by atoms with van der Waals surface area (Å²) in [4.78, 5) is 0. The van der Waals surface area contributed by atoms with E-state index in [-0.39, 0.29) is 11.4 Å². The monoisotopic (exact) mass is 311 g/mol. The van der Waals surface area contributed by atoms with Crippen LogP contribution in [-0.2, 0) is 0 Å². The van der Waals surface area contributed by atoms with Gasteiger partial charge in [-0.25, -0.2) is 4.39 Å². The lowest BCUT2D eigenvalue weighted by molar-refractivity contribution is 0.629. The minimum Gasteiger partial charge on any atom is -0.364 e. The second kappa shape index (κ2) is 4.72. The third-order valence-electron chi connectivity index (χ3n) is 2.30. The van der Waals surface area contributed by atoms with Gasteiger partial charge in [0.15, 0.2) is 0 Å². The molecule has 96 valence electrons. The Kier molecular flexibility index (Phi) is 3.43.